The molecule has 0 aliphatic carbocycles. The zero-order chi connectivity index (χ0) is 13.1. The van der Waals surface area contributed by atoms with E-state index in [9.17, 15) is 14.9 Å². The Morgan fingerprint density at radius 3 is 2.61 bits per heavy atom. The lowest BCUT2D eigenvalue weighted by molar-refractivity contribution is -0.384. The summed E-state index contributed by atoms with van der Waals surface area (Å²) in [6.45, 7) is 1.47. The Labute approximate surface area is 105 Å². The second-order valence-electron chi connectivity index (χ2n) is 4.24. The standard InChI is InChI=1S/C12H15N3O3/c1-13-10-5-4-9(8-11(10)15(17)18)12(16)14-6-2-3-7-14/h4-5,8,13H,2-3,6-7H2,1H3. The van der Waals surface area contributed by atoms with Crippen LogP contribution in [0.25, 0.3) is 0 Å². The first-order valence-corrected chi connectivity index (χ1v) is 5.89. The normalized spacial score (nSPS) is 14.6. The zero-order valence-corrected chi connectivity index (χ0v) is 10.2. The highest BCUT2D eigenvalue weighted by atomic mass is 16.6. The van der Waals surface area contributed by atoms with E-state index in [0.717, 1.165) is 25.9 Å². The topological polar surface area (TPSA) is 75.5 Å². The Bertz CT molecular complexity index is 481. The van der Waals surface area contributed by atoms with Gasteiger partial charge in [0.25, 0.3) is 11.6 Å². The number of likely N-dealkylation sites (tertiary alicyclic amines) is 1. The summed E-state index contributed by atoms with van der Waals surface area (Å²) in [5.74, 6) is -0.127. The molecule has 1 amide bonds. The number of carbonyl (C=O) groups excluding carboxylic acids is 1. The van der Waals surface area contributed by atoms with Gasteiger partial charge in [0.1, 0.15) is 5.69 Å². The van der Waals surface area contributed by atoms with Crippen LogP contribution < -0.4 is 5.32 Å². The van der Waals surface area contributed by atoms with E-state index < -0.39 is 4.92 Å². The fourth-order valence-corrected chi connectivity index (χ4v) is 2.13. The molecule has 6 heteroatoms. The van der Waals surface area contributed by atoms with Crippen molar-refractivity contribution in [1.82, 2.24) is 4.90 Å². The maximum atomic E-state index is 12.1. The molecule has 0 saturated carbocycles. The van der Waals surface area contributed by atoms with E-state index in [1.807, 2.05) is 0 Å². The number of anilines is 1. The zero-order valence-electron chi connectivity index (χ0n) is 10.2. The molecule has 6 nitrogen and oxygen atoms in total. The molecule has 1 aromatic rings. The van der Waals surface area contributed by atoms with Crippen LogP contribution in [0.4, 0.5) is 11.4 Å². The number of hydrogen-bond donors (Lipinski definition) is 1. The van der Waals surface area contributed by atoms with Crippen LogP contribution >= 0.6 is 0 Å². The Balaban J connectivity index is 2.31. The maximum absolute atomic E-state index is 12.1. The van der Waals surface area contributed by atoms with Crippen molar-refractivity contribution in [2.24, 2.45) is 0 Å². The quantitative estimate of drug-likeness (QED) is 0.655. The van der Waals surface area contributed by atoms with Gasteiger partial charge in [0.15, 0.2) is 0 Å². The van der Waals surface area contributed by atoms with Gasteiger partial charge in [0, 0.05) is 31.8 Å². The van der Waals surface area contributed by atoms with Gasteiger partial charge in [-0.3, -0.25) is 14.9 Å². The number of rotatable bonds is 3. The fraction of sp³-hybridized carbons (Fsp3) is 0.417. The van der Waals surface area contributed by atoms with Crippen molar-refractivity contribution >= 4 is 17.3 Å². The predicted octanol–water partition coefficient (Wildman–Crippen LogP) is 1.87. The molecule has 0 radical (unpaired) electrons. The SMILES string of the molecule is CNc1ccc(C(=O)N2CCCC2)cc1[N+](=O)[O-]. The molecule has 1 fully saturated rings. The molecule has 0 spiro atoms. The molecule has 96 valence electrons. The molecule has 0 unspecified atom stereocenters. The highest BCUT2D eigenvalue weighted by Gasteiger charge is 2.22. The number of hydrogen-bond acceptors (Lipinski definition) is 4. The van der Waals surface area contributed by atoms with Gasteiger partial charge >= 0.3 is 0 Å². The fourth-order valence-electron chi connectivity index (χ4n) is 2.13. The van der Waals surface area contributed by atoms with Gasteiger partial charge in [-0.15, -0.1) is 0 Å². The van der Waals surface area contributed by atoms with E-state index in [1.54, 1.807) is 24.1 Å². The van der Waals surface area contributed by atoms with Gasteiger partial charge in [0.05, 0.1) is 4.92 Å². The Kier molecular flexibility index (Phi) is 3.45. The third-order valence-corrected chi connectivity index (χ3v) is 3.10. The van der Waals surface area contributed by atoms with Gasteiger partial charge < -0.3 is 10.2 Å². The molecule has 0 aromatic heterocycles. The van der Waals surface area contributed by atoms with Gasteiger partial charge in [-0.1, -0.05) is 0 Å². The summed E-state index contributed by atoms with van der Waals surface area (Å²) >= 11 is 0. The van der Waals surface area contributed by atoms with E-state index >= 15 is 0 Å². The van der Waals surface area contributed by atoms with Crippen molar-refractivity contribution in [2.45, 2.75) is 12.8 Å². The Morgan fingerprint density at radius 2 is 2.06 bits per heavy atom. The number of benzene rings is 1. The summed E-state index contributed by atoms with van der Waals surface area (Å²) in [7, 11) is 1.62. The van der Waals surface area contributed by atoms with Crippen LogP contribution in [0.5, 0.6) is 0 Å². The van der Waals surface area contributed by atoms with Crippen LogP contribution in [0.15, 0.2) is 18.2 Å². The molecule has 18 heavy (non-hydrogen) atoms. The number of nitrogens with zero attached hydrogens (tertiary/aromatic N) is 2. The summed E-state index contributed by atoms with van der Waals surface area (Å²) in [5.41, 5.74) is 0.725. The molecular formula is C12H15N3O3. The molecule has 1 aromatic carbocycles. The molecule has 1 aliphatic heterocycles. The summed E-state index contributed by atoms with van der Waals surface area (Å²) in [6.07, 6.45) is 2.00. The van der Waals surface area contributed by atoms with Crippen LogP contribution in [-0.2, 0) is 0 Å². The Hall–Kier alpha value is -2.11. The van der Waals surface area contributed by atoms with Crippen LogP contribution in [0.1, 0.15) is 23.2 Å². The monoisotopic (exact) mass is 249 g/mol. The number of carbonyl (C=O) groups is 1. The average Bonchev–Trinajstić information content (AvgIpc) is 2.90. The summed E-state index contributed by atoms with van der Waals surface area (Å²) in [5, 5.41) is 13.7. The largest absolute Gasteiger partial charge is 0.383 e. The second-order valence-corrected chi connectivity index (χ2v) is 4.24. The molecule has 2 rings (SSSR count). The molecule has 1 N–H and O–H groups in total. The van der Waals surface area contributed by atoms with Gasteiger partial charge in [0.2, 0.25) is 0 Å². The van der Waals surface area contributed by atoms with E-state index in [2.05, 4.69) is 5.32 Å². The number of nitro benzene ring substituents is 1. The summed E-state index contributed by atoms with van der Waals surface area (Å²) < 4.78 is 0. The lowest BCUT2D eigenvalue weighted by Gasteiger charge is -2.15. The molecule has 1 saturated heterocycles. The van der Waals surface area contributed by atoms with E-state index in [4.69, 9.17) is 0 Å². The number of amides is 1. The molecule has 0 bridgehead atoms. The highest BCUT2D eigenvalue weighted by Crippen LogP contribution is 2.26. The molecular weight excluding hydrogens is 234 g/mol. The van der Waals surface area contributed by atoms with Crippen molar-refractivity contribution in [3.8, 4) is 0 Å². The van der Waals surface area contributed by atoms with Gasteiger partial charge in [-0.05, 0) is 25.0 Å². The van der Waals surface area contributed by atoms with Crippen molar-refractivity contribution in [2.75, 3.05) is 25.5 Å². The minimum absolute atomic E-state index is 0.0671. The van der Waals surface area contributed by atoms with E-state index in [0.29, 0.717) is 11.3 Å². The third kappa shape index (κ3) is 2.27. The van der Waals surface area contributed by atoms with Crippen molar-refractivity contribution in [3.05, 3.63) is 33.9 Å². The highest BCUT2D eigenvalue weighted by molar-refractivity contribution is 5.95. The lowest BCUT2D eigenvalue weighted by atomic mass is 10.1. The first kappa shape index (κ1) is 12.3. The van der Waals surface area contributed by atoms with Crippen molar-refractivity contribution < 1.29 is 9.72 Å². The minimum atomic E-state index is -0.480. The third-order valence-electron chi connectivity index (χ3n) is 3.10. The lowest BCUT2D eigenvalue weighted by Crippen LogP contribution is -2.27. The average molecular weight is 249 g/mol. The second kappa shape index (κ2) is 5.03. The number of nitro groups is 1. The molecule has 0 atom stereocenters. The Morgan fingerprint density at radius 1 is 1.39 bits per heavy atom. The smallest absolute Gasteiger partial charge is 0.293 e. The van der Waals surface area contributed by atoms with Crippen LogP contribution in [0.3, 0.4) is 0 Å². The molecule has 1 heterocycles. The van der Waals surface area contributed by atoms with E-state index in [-0.39, 0.29) is 11.6 Å². The van der Waals surface area contributed by atoms with Gasteiger partial charge in [-0.2, -0.15) is 0 Å². The van der Waals surface area contributed by atoms with Crippen LogP contribution in [0, 0.1) is 10.1 Å². The maximum Gasteiger partial charge on any atom is 0.293 e. The predicted molar refractivity (Wildman–Crippen MR) is 67.8 cm³/mol. The van der Waals surface area contributed by atoms with E-state index in [1.165, 1.54) is 6.07 Å². The number of nitrogens with one attached hydrogen (secondary N) is 1. The van der Waals surface area contributed by atoms with Crippen LogP contribution in [0.2, 0.25) is 0 Å². The molecule has 1 aliphatic rings. The van der Waals surface area contributed by atoms with Crippen molar-refractivity contribution in [3.63, 3.8) is 0 Å². The van der Waals surface area contributed by atoms with Crippen LogP contribution in [-0.4, -0.2) is 35.9 Å². The first-order chi connectivity index (χ1) is 8.63. The summed E-state index contributed by atoms with van der Waals surface area (Å²) in [4.78, 5) is 24.3. The van der Waals surface area contributed by atoms with Crippen molar-refractivity contribution in [1.29, 1.82) is 0 Å². The first-order valence-electron chi connectivity index (χ1n) is 5.89. The van der Waals surface area contributed by atoms with Gasteiger partial charge in [-0.25, -0.2) is 0 Å². The summed E-state index contributed by atoms with van der Waals surface area (Å²) in [6, 6.07) is 4.54. The minimum Gasteiger partial charge on any atom is -0.383 e.